The lowest BCUT2D eigenvalue weighted by atomic mass is 9.95. The van der Waals surface area contributed by atoms with Crippen LogP contribution in [0.15, 0.2) is 42.5 Å². The van der Waals surface area contributed by atoms with Gasteiger partial charge >= 0.3 is 0 Å². The Hall–Kier alpha value is -3.45. The second-order valence-electron chi connectivity index (χ2n) is 8.03. The molecule has 2 aromatic carbocycles. The number of halogens is 6. The summed E-state index contributed by atoms with van der Waals surface area (Å²) in [7, 11) is 0. The summed E-state index contributed by atoms with van der Waals surface area (Å²) in [5.74, 6) is 4.31. The van der Waals surface area contributed by atoms with Gasteiger partial charge in [0.05, 0.1) is 17.5 Å². The van der Waals surface area contributed by atoms with E-state index in [1.165, 1.54) is 24.3 Å². The van der Waals surface area contributed by atoms with Gasteiger partial charge in [-0.2, -0.15) is 4.98 Å². The van der Waals surface area contributed by atoms with Crippen molar-refractivity contribution in [3.8, 4) is 11.8 Å². The van der Waals surface area contributed by atoms with Gasteiger partial charge in [0.15, 0.2) is 0 Å². The van der Waals surface area contributed by atoms with Gasteiger partial charge in [-0.3, -0.25) is 0 Å². The molecule has 2 heterocycles. The first kappa shape index (κ1) is 23.7. The van der Waals surface area contributed by atoms with Crippen molar-refractivity contribution in [2.24, 2.45) is 5.41 Å². The van der Waals surface area contributed by atoms with Crippen LogP contribution < -0.4 is 4.90 Å². The molecular weight excluding hydrogens is 477 g/mol. The van der Waals surface area contributed by atoms with Crippen LogP contribution in [0.3, 0.4) is 0 Å². The molecule has 34 heavy (non-hydrogen) atoms. The van der Waals surface area contributed by atoms with E-state index in [0.29, 0.717) is 10.9 Å². The highest BCUT2D eigenvalue weighted by Crippen LogP contribution is 2.34. The van der Waals surface area contributed by atoms with E-state index in [1.807, 2.05) is 0 Å². The molecule has 0 spiro atoms. The zero-order valence-electron chi connectivity index (χ0n) is 17.9. The van der Waals surface area contributed by atoms with Gasteiger partial charge in [0.25, 0.3) is 18.6 Å². The minimum absolute atomic E-state index is 0.0204. The predicted molar refractivity (Wildman–Crippen MR) is 119 cm³/mol. The number of para-hydroxylation sites is 1. The third kappa shape index (κ3) is 4.61. The number of aromatic nitrogens is 4. The lowest BCUT2D eigenvalue weighted by Gasteiger charge is -2.25. The third-order valence-electron chi connectivity index (χ3n) is 5.04. The molecule has 0 aliphatic carbocycles. The van der Waals surface area contributed by atoms with Crippen molar-refractivity contribution < 1.29 is 22.0 Å². The Kier molecular flexibility index (Phi) is 6.32. The molecule has 0 bridgehead atoms. The molecule has 0 unspecified atom stereocenters. The molecule has 0 fully saturated rings. The number of nitrogens with zero attached hydrogens (tertiary/aromatic N) is 5. The number of anilines is 2. The van der Waals surface area contributed by atoms with E-state index < -0.39 is 30.6 Å². The van der Waals surface area contributed by atoms with Crippen LogP contribution in [0.2, 0.25) is 5.28 Å². The number of hydrogen-bond donors (Lipinski definition) is 0. The zero-order valence-corrected chi connectivity index (χ0v) is 18.7. The number of alkyl halides is 4. The molecule has 11 heteroatoms. The second kappa shape index (κ2) is 9.06. The lowest BCUT2D eigenvalue weighted by molar-refractivity contribution is 0.0570. The van der Waals surface area contributed by atoms with Gasteiger partial charge in [-0.25, -0.2) is 26.4 Å². The van der Waals surface area contributed by atoms with Crippen molar-refractivity contribution in [2.45, 2.75) is 26.7 Å². The normalized spacial score (nSPS) is 11.9. The van der Waals surface area contributed by atoms with Crippen LogP contribution in [0.4, 0.5) is 33.5 Å². The molecule has 0 saturated heterocycles. The van der Waals surface area contributed by atoms with Gasteiger partial charge in [-0.05, 0) is 55.8 Å². The molecule has 0 amide bonds. The largest absolute Gasteiger partial charge is 0.320 e. The fourth-order valence-electron chi connectivity index (χ4n) is 3.30. The van der Waals surface area contributed by atoms with Crippen LogP contribution in [0, 0.1) is 23.1 Å². The second-order valence-corrected chi connectivity index (χ2v) is 8.37. The first-order valence-electron chi connectivity index (χ1n) is 10.0. The van der Waals surface area contributed by atoms with Crippen LogP contribution in [-0.4, -0.2) is 39.0 Å². The van der Waals surface area contributed by atoms with Crippen LogP contribution in [0.1, 0.15) is 19.4 Å². The lowest BCUT2D eigenvalue weighted by Crippen LogP contribution is -2.25. The maximum Gasteiger partial charge on any atom is 0.258 e. The fraction of sp³-hybridized carbons (Fsp3) is 0.261. The summed E-state index contributed by atoms with van der Waals surface area (Å²) in [5.41, 5.74) is -1.05. The molecule has 4 aromatic rings. The van der Waals surface area contributed by atoms with E-state index in [2.05, 4.69) is 27.0 Å². The van der Waals surface area contributed by atoms with E-state index in [-0.39, 0.29) is 28.1 Å². The van der Waals surface area contributed by atoms with Crippen LogP contribution >= 0.6 is 11.6 Å². The average Bonchev–Trinajstić information content (AvgIpc) is 3.16. The number of rotatable bonds is 5. The Balaban J connectivity index is 1.91. The highest BCUT2D eigenvalue weighted by molar-refractivity contribution is 6.29. The Morgan fingerprint density at radius 1 is 1.09 bits per heavy atom. The molecule has 4 rings (SSSR count). The molecule has 0 radical (unpaired) electrons. The molecule has 176 valence electrons. The first-order valence-corrected chi connectivity index (χ1v) is 10.4. The van der Waals surface area contributed by atoms with E-state index in [9.17, 15) is 22.0 Å². The van der Waals surface area contributed by atoms with Gasteiger partial charge in [-0.15, -0.1) is 10.2 Å². The standard InChI is InChI=1S/C23H17ClF5N5/c1-23(2,20(28)29)8-7-13-9-14(25)11-15(10-13)33(12-18(26)27)19-16-5-3-4-6-17(16)34-21(24)31-32-22(34)30-19/h3-6,9-11,18,20H,12H2,1-2H3. The van der Waals surface area contributed by atoms with Crippen molar-refractivity contribution >= 4 is 39.8 Å². The number of benzene rings is 2. The predicted octanol–water partition coefficient (Wildman–Crippen LogP) is 6.12. The van der Waals surface area contributed by atoms with Gasteiger partial charge in [0.2, 0.25) is 5.28 Å². The summed E-state index contributed by atoms with van der Waals surface area (Å²) in [6, 6.07) is 10.2. The SMILES string of the molecule is CC(C)(C#Cc1cc(F)cc(N(CC(F)F)c2nc3nnc(Cl)n3c3ccccc23)c1)C(F)F. The zero-order chi connectivity index (χ0) is 24.6. The topological polar surface area (TPSA) is 46.3 Å². The molecule has 0 aliphatic heterocycles. The summed E-state index contributed by atoms with van der Waals surface area (Å²) in [6.07, 6.45) is -5.53. The van der Waals surface area contributed by atoms with Crippen LogP contribution in [-0.2, 0) is 0 Å². The van der Waals surface area contributed by atoms with Gasteiger partial charge < -0.3 is 4.90 Å². The molecular formula is C23H17ClF5N5. The number of fused-ring (bicyclic) bond motifs is 3. The summed E-state index contributed by atoms with van der Waals surface area (Å²) in [4.78, 5) is 5.49. The van der Waals surface area contributed by atoms with Crippen molar-refractivity contribution in [3.63, 3.8) is 0 Å². The van der Waals surface area contributed by atoms with E-state index >= 15 is 0 Å². The van der Waals surface area contributed by atoms with Crippen molar-refractivity contribution in [2.75, 3.05) is 11.4 Å². The van der Waals surface area contributed by atoms with E-state index in [4.69, 9.17) is 11.6 Å². The van der Waals surface area contributed by atoms with Crippen molar-refractivity contribution in [1.82, 2.24) is 19.6 Å². The minimum Gasteiger partial charge on any atom is -0.320 e. The molecule has 0 atom stereocenters. The summed E-state index contributed by atoms with van der Waals surface area (Å²) < 4.78 is 69.5. The van der Waals surface area contributed by atoms with E-state index in [1.54, 1.807) is 24.3 Å². The molecule has 0 saturated carbocycles. The maximum atomic E-state index is 14.5. The average molecular weight is 494 g/mol. The summed E-state index contributed by atoms with van der Waals surface area (Å²) >= 11 is 6.12. The Labute approximate surface area is 196 Å². The fourth-order valence-corrected chi connectivity index (χ4v) is 3.50. The van der Waals surface area contributed by atoms with Gasteiger partial charge in [-0.1, -0.05) is 24.0 Å². The maximum absolute atomic E-state index is 14.5. The van der Waals surface area contributed by atoms with Crippen LogP contribution in [0.5, 0.6) is 0 Å². The van der Waals surface area contributed by atoms with Gasteiger partial charge in [0, 0.05) is 16.6 Å². The summed E-state index contributed by atoms with van der Waals surface area (Å²) in [6.45, 7) is 1.68. The highest BCUT2D eigenvalue weighted by atomic mass is 35.5. The van der Waals surface area contributed by atoms with Crippen molar-refractivity contribution in [3.05, 3.63) is 59.1 Å². The van der Waals surface area contributed by atoms with Crippen LogP contribution in [0.25, 0.3) is 16.7 Å². The van der Waals surface area contributed by atoms with Gasteiger partial charge in [0.1, 0.15) is 11.6 Å². The molecule has 0 aliphatic rings. The summed E-state index contributed by atoms with van der Waals surface area (Å²) in [5, 5.41) is 8.14. The Morgan fingerprint density at radius 3 is 2.53 bits per heavy atom. The number of hydrogen-bond acceptors (Lipinski definition) is 4. The third-order valence-corrected chi connectivity index (χ3v) is 5.29. The van der Waals surface area contributed by atoms with Crippen molar-refractivity contribution in [1.29, 1.82) is 0 Å². The Bertz CT molecular complexity index is 1420. The Morgan fingerprint density at radius 2 is 1.82 bits per heavy atom. The quantitative estimate of drug-likeness (QED) is 0.248. The molecule has 5 nitrogen and oxygen atoms in total. The molecule has 0 N–H and O–H groups in total. The molecule has 2 aromatic heterocycles. The van der Waals surface area contributed by atoms with E-state index in [0.717, 1.165) is 17.0 Å². The highest BCUT2D eigenvalue weighted by Gasteiger charge is 2.27. The monoisotopic (exact) mass is 493 g/mol. The smallest absolute Gasteiger partial charge is 0.258 e. The first-order chi connectivity index (χ1) is 16.1. The minimum atomic E-state index is -2.81.